The molecule has 3 nitrogen and oxygen atoms in total. The number of allylic oxidation sites excluding steroid dienone is 1. The zero-order chi connectivity index (χ0) is 11.1. The van der Waals surface area contributed by atoms with Gasteiger partial charge in [0.05, 0.1) is 5.70 Å². The van der Waals surface area contributed by atoms with Gasteiger partial charge in [0.2, 0.25) is 0 Å². The Morgan fingerprint density at radius 1 is 1.38 bits per heavy atom. The van der Waals surface area contributed by atoms with Gasteiger partial charge in [-0.05, 0) is 25.1 Å². The molecule has 0 unspecified atom stereocenters. The number of hydrogen-bond acceptors (Lipinski definition) is 2. The predicted octanol–water partition coefficient (Wildman–Crippen LogP) is 2.57. The number of ether oxygens (including phenoxy) is 1. The summed E-state index contributed by atoms with van der Waals surface area (Å²) >= 11 is 0. The van der Waals surface area contributed by atoms with Crippen LogP contribution in [0, 0.1) is 5.82 Å². The van der Waals surface area contributed by atoms with Crippen molar-refractivity contribution in [3.8, 4) is 0 Å². The van der Waals surface area contributed by atoms with Crippen molar-refractivity contribution >= 4 is 16.7 Å². The SMILES string of the molecule is CC1=C(c2c[nH]c3ccc(F)cc23)OCN1. The van der Waals surface area contributed by atoms with Crippen molar-refractivity contribution in [2.45, 2.75) is 6.92 Å². The number of aromatic amines is 1. The van der Waals surface area contributed by atoms with E-state index in [9.17, 15) is 4.39 Å². The highest BCUT2D eigenvalue weighted by molar-refractivity contribution is 5.91. The molecule has 1 aliphatic heterocycles. The second-order valence-electron chi connectivity index (χ2n) is 3.81. The molecule has 2 N–H and O–H groups in total. The maximum atomic E-state index is 13.2. The summed E-state index contributed by atoms with van der Waals surface area (Å²) in [5.74, 6) is 0.550. The van der Waals surface area contributed by atoms with Gasteiger partial charge < -0.3 is 15.0 Å². The molecule has 0 spiro atoms. The minimum absolute atomic E-state index is 0.238. The van der Waals surface area contributed by atoms with Crippen molar-refractivity contribution in [1.82, 2.24) is 10.3 Å². The van der Waals surface area contributed by atoms with Crippen molar-refractivity contribution in [2.24, 2.45) is 0 Å². The maximum Gasteiger partial charge on any atom is 0.159 e. The van der Waals surface area contributed by atoms with Gasteiger partial charge in [0, 0.05) is 22.7 Å². The van der Waals surface area contributed by atoms with E-state index in [1.807, 2.05) is 13.1 Å². The van der Waals surface area contributed by atoms with Crippen LogP contribution in [-0.2, 0) is 4.74 Å². The molecule has 0 radical (unpaired) electrons. The lowest BCUT2D eigenvalue weighted by atomic mass is 10.1. The first-order valence-electron chi connectivity index (χ1n) is 5.10. The van der Waals surface area contributed by atoms with Gasteiger partial charge in [0.15, 0.2) is 6.73 Å². The molecule has 0 saturated carbocycles. The van der Waals surface area contributed by atoms with E-state index >= 15 is 0 Å². The van der Waals surface area contributed by atoms with Gasteiger partial charge in [-0.15, -0.1) is 0 Å². The van der Waals surface area contributed by atoms with E-state index in [1.54, 1.807) is 6.07 Å². The molecule has 0 atom stereocenters. The number of hydrogen-bond donors (Lipinski definition) is 2. The van der Waals surface area contributed by atoms with Gasteiger partial charge >= 0.3 is 0 Å². The summed E-state index contributed by atoms with van der Waals surface area (Å²) in [7, 11) is 0. The Hall–Kier alpha value is -1.97. The molecule has 82 valence electrons. The zero-order valence-electron chi connectivity index (χ0n) is 8.80. The van der Waals surface area contributed by atoms with Crippen LogP contribution in [0.25, 0.3) is 16.7 Å². The average Bonchev–Trinajstić information content (AvgIpc) is 2.83. The molecule has 1 aromatic carbocycles. The molecule has 2 aromatic rings. The fraction of sp³-hybridized carbons (Fsp3) is 0.167. The van der Waals surface area contributed by atoms with Gasteiger partial charge in [-0.25, -0.2) is 4.39 Å². The summed E-state index contributed by atoms with van der Waals surface area (Å²) in [6.07, 6.45) is 1.84. The summed E-state index contributed by atoms with van der Waals surface area (Å²) in [4.78, 5) is 3.10. The van der Waals surface area contributed by atoms with E-state index in [2.05, 4.69) is 10.3 Å². The Labute approximate surface area is 91.9 Å². The smallest absolute Gasteiger partial charge is 0.159 e. The van der Waals surface area contributed by atoms with E-state index < -0.39 is 0 Å². The minimum atomic E-state index is -0.238. The van der Waals surface area contributed by atoms with Crippen LogP contribution in [0.3, 0.4) is 0 Å². The molecule has 0 aliphatic carbocycles. The number of fused-ring (bicyclic) bond motifs is 1. The Bertz CT molecular complexity index is 586. The number of halogens is 1. The Morgan fingerprint density at radius 3 is 3.00 bits per heavy atom. The van der Waals surface area contributed by atoms with Crippen molar-refractivity contribution in [3.63, 3.8) is 0 Å². The molecule has 2 heterocycles. The number of H-pyrrole nitrogens is 1. The van der Waals surface area contributed by atoms with Crippen LogP contribution in [0.4, 0.5) is 4.39 Å². The van der Waals surface area contributed by atoms with Gasteiger partial charge in [-0.2, -0.15) is 0 Å². The highest BCUT2D eigenvalue weighted by Crippen LogP contribution is 2.29. The zero-order valence-corrected chi connectivity index (χ0v) is 8.80. The molecule has 0 saturated heterocycles. The highest BCUT2D eigenvalue weighted by atomic mass is 19.1. The number of aromatic nitrogens is 1. The van der Waals surface area contributed by atoms with Gasteiger partial charge in [0.1, 0.15) is 11.6 Å². The summed E-state index contributed by atoms with van der Waals surface area (Å²) in [5, 5.41) is 3.93. The summed E-state index contributed by atoms with van der Waals surface area (Å²) < 4.78 is 18.7. The van der Waals surface area contributed by atoms with E-state index in [0.717, 1.165) is 27.9 Å². The third-order valence-electron chi connectivity index (χ3n) is 2.78. The van der Waals surface area contributed by atoms with Gasteiger partial charge in [-0.1, -0.05) is 0 Å². The lowest BCUT2D eigenvalue weighted by molar-refractivity contribution is 0.291. The second kappa shape index (κ2) is 3.27. The van der Waals surface area contributed by atoms with E-state index in [4.69, 9.17) is 4.74 Å². The highest BCUT2D eigenvalue weighted by Gasteiger charge is 2.17. The third kappa shape index (κ3) is 1.26. The molecule has 0 bridgehead atoms. The molecule has 0 amide bonds. The van der Waals surface area contributed by atoms with E-state index in [-0.39, 0.29) is 5.82 Å². The van der Waals surface area contributed by atoms with Crippen LogP contribution < -0.4 is 5.32 Å². The first kappa shape index (κ1) is 9.27. The number of benzene rings is 1. The van der Waals surface area contributed by atoms with Gasteiger partial charge in [-0.3, -0.25) is 0 Å². The summed E-state index contributed by atoms with van der Waals surface area (Å²) in [6, 6.07) is 4.69. The number of rotatable bonds is 1. The monoisotopic (exact) mass is 218 g/mol. The normalized spacial score (nSPS) is 15.4. The topological polar surface area (TPSA) is 37.0 Å². The first-order chi connectivity index (χ1) is 7.75. The Morgan fingerprint density at radius 2 is 2.25 bits per heavy atom. The molecule has 0 fully saturated rings. The van der Waals surface area contributed by atoms with Crippen LogP contribution in [0.2, 0.25) is 0 Å². The summed E-state index contributed by atoms with van der Waals surface area (Å²) in [6.45, 7) is 2.42. The molecule has 1 aromatic heterocycles. The van der Waals surface area contributed by atoms with Crippen LogP contribution in [0.1, 0.15) is 12.5 Å². The average molecular weight is 218 g/mol. The molecule has 1 aliphatic rings. The Balaban J connectivity index is 2.24. The fourth-order valence-corrected chi connectivity index (χ4v) is 1.97. The van der Waals surface area contributed by atoms with E-state index in [1.165, 1.54) is 12.1 Å². The molecule has 3 rings (SSSR count). The quantitative estimate of drug-likeness (QED) is 0.771. The van der Waals surface area contributed by atoms with Crippen LogP contribution in [-0.4, -0.2) is 11.7 Å². The van der Waals surface area contributed by atoms with Crippen LogP contribution in [0.5, 0.6) is 0 Å². The minimum Gasteiger partial charge on any atom is -0.471 e. The third-order valence-corrected chi connectivity index (χ3v) is 2.78. The van der Waals surface area contributed by atoms with Crippen molar-refractivity contribution < 1.29 is 9.13 Å². The number of nitrogens with one attached hydrogen (secondary N) is 2. The Kier molecular flexibility index (Phi) is 1.89. The van der Waals surface area contributed by atoms with Gasteiger partial charge in [0.25, 0.3) is 0 Å². The summed E-state index contributed by atoms with van der Waals surface area (Å²) in [5.41, 5.74) is 2.79. The standard InChI is InChI=1S/C12H11FN2O/c1-7-12(16-6-15-7)10-5-14-11-3-2-8(13)4-9(10)11/h2-5,14-15H,6H2,1H3. The molecular weight excluding hydrogens is 207 g/mol. The molecule has 4 heteroatoms. The van der Waals surface area contributed by atoms with Crippen LogP contribution in [0.15, 0.2) is 30.1 Å². The van der Waals surface area contributed by atoms with Crippen molar-refractivity contribution in [1.29, 1.82) is 0 Å². The molecule has 16 heavy (non-hydrogen) atoms. The van der Waals surface area contributed by atoms with E-state index in [0.29, 0.717) is 6.73 Å². The van der Waals surface area contributed by atoms with Crippen LogP contribution >= 0.6 is 0 Å². The van der Waals surface area contributed by atoms with Crippen molar-refractivity contribution in [3.05, 3.63) is 41.5 Å². The lowest BCUT2D eigenvalue weighted by Gasteiger charge is -2.01. The molecular formula is C12H11FN2O. The van der Waals surface area contributed by atoms with Crippen molar-refractivity contribution in [2.75, 3.05) is 6.73 Å². The second-order valence-corrected chi connectivity index (χ2v) is 3.81. The maximum absolute atomic E-state index is 13.2. The lowest BCUT2D eigenvalue weighted by Crippen LogP contribution is -2.04. The fourth-order valence-electron chi connectivity index (χ4n) is 1.97. The largest absolute Gasteiger partial charge is 0.471 e. The first-order valence-corrected chi connectivity index (χ1v) is 5.10. The predicted molar refractivity (Wildman–Crippen MR) is 59.9 cm³/mol.